The largest absolute Gasteiger partial charge is 0.363 e. The zero-order valence-electron chi connectivity index (χ0n) is 15.5. The number of rotatable bonds is 4. The molecule has 0 unspecified atom stereocenters. The van der Waals surface area contributed by atoms with Gasteiger partial charge in [-0.25, -0.2) is 18.4 Å². The van der Waals surface area contributed by atoms with Crippen LogP contribution in [0.25, 0.3) is 5.69 Å². The van der Waals surface area contributed by atoms with E-state index >= 15 is 0 Å². The Hall–Kier alpha value is -3.29. The third-order valence-electron chi connectivity index (χ3n) is 4.76. The van der Waals surface area contributed by atoms with Crippen molar-refractivity contribution in [3.05, 3.63) is 65.1 Å². The fourth-order valence-electron chi connectivity index (χ4n) is 3.36. The van der Waals surface area contributed by atoms with Crippen LogP contribution in [-0.2, 0) is 12.8 Å². The molecule has 0 fully saturated rings. The van der Waals surface area contributed by atoms with E-state index in [1.54, 1.807) is 18.3 Å². The van der Waals surface area contributed by atoms with Crippen LogP contribution in [0.3, 0.4) is 0 Å². The maximum atomic E-state index is 13.7. The Balaban J connectivity index is 1.64. The lowest BCUT2D eigenvalue weighted by Crippen LogP contribution is -2.16. The number of benzene rings is 1. The first-order chi connectivity index (χ1) is 13.4. The summed E-state index contributed by atoms with van der Waals surface area (Å²) in [5.74, 6) is -1.43. The number of carbonyl (C=O) groups is 1. The minimum absolute atomic E-state index is 0.300. The van der Waals surface area contributed by atoms with Gasteiger partial charge in [-0.3, -0.25) is 4.79 Å². The third-order valence-corrected chi connectivity index (χ3v) is 4.76. The van der Waals surface area contributed by atoms with Gasteiger partial charge >= 0.3 is 0 Å². The number of hydrogen-bond donors (Lipinski definition) is 1. The molecule has 0 aliphatic heterocycles. The SMILES string of the molecule is CN(C)c1ccc(NC(=O)c2nn(-c3ccc(F)c(F)c3)c3c2CCC3)cn1. The molecule has 2 aromatic heterocycles. The number of pyridine rings is 1. The second-order valence-corrected chi connectivity index (χ2v) is 6.89. The fourth-order valence-corrected chi connectivity index (χ4v) is 3.36. The number of anilines is 2. The van der Waals surface area contributed by atoms with E-state index in [1.807, 2.05) is 19.0 Å². The lowest BCUT2D eigenvalue weighted by Gasteiger charge is -2.11. The van der Waals surface area contributed by atoms with Crippen LogP contribution in [0, 0.1) is 11.6 Å². The Morgan fingerprint density at radius 3 is 2.64 bits per heavy atom. The molecule has 1 N–H and O–H groups in total. The summed E-state index contributed by atoms with van der Waals surface area (Å²) in [6, 6.07) is 7.18. The number of aromatic nitrogens is 3. The van der Waals surface area contributed by atoms with Crippen LogP contribution >= 0.6 is 0 Å². The number of hydrogen-bond acceptors (Lipinski definition) is 4. The quantitative estimate of drug-likeness (QED) is 0.751. The van der Waals surface area contributed by atoms with Crippen molar-refractivity contribution in [3.8, 4) is 5.69 Å². The Morgan fingerprint density at radius 2 is 1.96 bits per heavy atom. The van der Waals surface area contributed by atoms with Crippen molar-refractivity contribution in [1.29, 1.82) is 0 Å². The van der Waals surface area contributed by atoms with Gasteiger partial charge in [-0.15, -0.1) is 0 Å². The minimum atomic E-state index is -0.946. The summed E-state index contributed by atoms with van der Waals surface area (Å²) < 4.78 is 28.5. The highest BCUT2D eigenvalue weighted by molar-refractivity contribution is 6.04. The lowest BCUT2D eigenvalue weighted by molar-refractivity contribution is 0.102. The van der Waals surface area contributed by atoms with E-state index in [0.29, 0.717) is 17.1 Å². The minimum Gasteiger partial charge on any atom is -0.363 e. The molecule has 1 amide bonds. The van der Waals surface area contributed by atoms with Crippen molar-refractivity contribution in [2.45, 2.75) is 19.3 Å². The first-order valence-corrected chi connectivity index (χ1v) is 8.95. The predicted molar refractivity (Wildman–Crippen MR) is 102 cm³/mol. The fraction of sp³-hybridized carbons (Fsp3) is 0.250. The summed E-state index contributed by atoms with van der Waals surface area (Å²) in [4.78, 5) is 18.9. The highest BCUT2D eigenvalue weighted by Gasteiger charge is 2.27. The molecule has 0 spiro atoms. The molecule has 8 heteroatoms. The Morgan fingerprint density at radius 1 is 1.14 bits per heavy atom. The summed E-state index contributed by atoms with van der Waals surface area (Å²) in [5, 5.41) is 7.21. The van der Waals surface area contributed by atoms with Crippen LogP contribution in [0.2, 0.25) is 0 Å². The van der Waals surface area contributed by atoms with Gasteiger partial charge in [-0.2, -0.15) is 5.10 Å². The Kier molecular flexibility index (Phi) is 4.54. The first kappa shape index (κ1) is 18.1. The van der Waals surface area contributed by atoms with E-state index in [1.165, 1.54) is 10.7 Å². The highest BCUT2D eigenvalue weighted by Crippen LogP contribution is 2.29. The van der Waals surface area contributed by atoms with Gasteiger partial charge in [0.1, 0.15) is 5.82 Å². The van der Waals surface area contributed by atoms with Crippen LogP contribution in [0.15, 0.2) is 36.5 Å². The number of halogens is 2. The molecule has 6 nitrogen and oxygen atoms in total. The number of nitrogens with zero attached hydrogens (tertiary/aromatic N) is 4. The maximum absolute atomic E-state index is 13.7. The van der Waals surface area contributed by atoms with E-state index in [9.17, 15) is 13.6 Å². The molecule has 0 saturated carbocycles. The first-order valence-electron chi connectivity index (χ1n) is 8.95. The summed E-state index contributed by atoms with van der Waals surface area (Å²) in [7, 11) is 3.77. The topological polar surface area (TPSA) is 63.1 Å². The molecular weight excluding hydrogens is 364 g/mol. The molecule has 1 aliphatic carbocycles. The predicted octanol–water partition coefficient (Wildman–Crippen LogP) is 3.35. The van der Waals surface area contributed by atoms with E-state index in [4.69, 9.17) is 0 Å². The third kappa shape index (κ3) is 3.21. The molecular formula is C20H19F2N5O. The normalized spacial score (nSPS) is 12.7. The van der Waals surface area contributed by atoms with Crippen molar-refractivity contribution in [1.82, 2.24) is 14.8 Å². The molecule has 1 aromatic carbocycles. The molecule has 0 radical (unpaired) electrons. The van der Waals surface area contributed by atoms with Crippen molar-refractivity contribution in [3.63, 3.8) is 0 Å². The number of carbonyl (C=O) groups excluding carboxylic acids is 1. The summed E-state index contributed by atoms with van der Waals surface area (Å²) in [5.41, 5.74) is 2.96. The van der Waals surface area contributed by atoms with Gasteiger partial charge in [0.05, 0.1) is 17.6 Å². The average Bonchev–Trinajstić information content (AvgIpc) is 3.27. The van der Waals surface area contributed by atoms with Gasteiger partial charge in [-0.05, 0) is 43.5 Å². The van der Waals surface area contributed by atoms with Gasteiger partial charge < -0.3 is 10.2 Å². The van der Waals surface area contributed by atoms with Gasteiger partial charge in [0.25, 0.3) is 5.91 Å². The smallest absolute Gasteiger partial charge is 0.276 e. The highest BCUT2D eigenvalue weighted by atomic mass is 19.2. The van der Waals surface area contributed by atoms with E-state index in [-0.39, 0.29) is 5.91 Å². The van der Waals surface area contributed by atoms with Crippen molar-refractivity contribution >= 4 is 17.4 Å². The number of amides is 1. The molecule has 2 heterocycles. The van der Waals surface area contributed by atoms with Gasteiger partial charge in [0.15, 0.2) is 17.3 Å². The molecule has 1 aliphatic rings. The van der Waals surface area contributed by atoms with E-state index < -0.39 is 11.6 Å². The Bertz CT molecular complexity index is 1040. The summed E-state index contributed by atoms with van der Waals surface area (Å²) in [6.45, 7) is 0. The van der Waals surface area contributed by atoms with E-state index in [2.05, 4.69) is 15.4 Å². The molecule has 0 saturated heterocycles. The molecule has 144 valence electrons. The van der Waals surface area contributed by atoms with E-state index in [0.717, 1.165) is 48.5 Å². The molecule has 28 heavy (non-hydrogen) atoms. The average molecular weight is 383 g/mol. The van der Waals surface area contributed by atoms with Crippen LogP contribution in [-0.4, -0.2) is 34.8 Å². The number of fused-ring (bicyclic) bond motifs is 1. The second-order valence-electron chi connectivity index (χ2n) is 6.89. The standard InChI is InChI=1S/C20H19F2N5O/c1-26(2)18-9-6-12(11-23-18)24-20(28)19-14-4-3-5-17(14)27(25-19)13-7-8-15(21)16(22)10-13/h6-11H,3-5H2,1-2H3,(H,24,28). The number of nitrogens with one attached hydrogen (secondary N) is 1. The van der Waals surface area contributed by atoms with Gasteiger partial charge in [0.2, 0.25) is 0 Å². The summed E-state index contributed by atoms with van der Waals surface area (Å²) in [6.07, 6.45) is 3.92. The lowest BCUT2D eigenvalue weighted by atomic mass is 10.2. The molecule has 3 aromatic rings. The maximum Gasteiger partial charge on any atom is 0.276 e. The molecule has 0 atom stereocenters. The molecule has 0 bridgehead atoms. The monoisotopic (exact) mass is 383 g/mol. The molecule has 4 rings (SSSR count). The van der Waals surface area contributed by atoms with Crippen LogP contribution in [0.4, 0.5) is 20.3 Å². The summed E-state index contributed by atoms with van der Waals surface area (Å²) >= 11 is 0. The zero-order valence-corrected chi connectivity index (χ0v) is 15.5. The van der Waals surface area contributed by atoms with Gasteiger partial charge in [0, 0.05) is 31.4 Å². The Labute approximate surface area is 160 Å². The van der Waals surface area contributed by atoms with Crippen molar-refractivity contribution in [2.75, 3.05) is 24.3 Å². The van der Waals surface area contributed by atoms with Crippen molar-refractivity contribution in [2.24, 2.45) is 0 Å². The zero-order chi connectivity index (χ0) is 19.8. The van der Waals surface area contributed by atoms with Crippen molar-refractivity contribution < 1.29 is 13.6 Å². The van der Waals surface area contributed by atoms with Gasteiger partial charge in [-0.1, -0.05) is 0 Å². The van der Waals surface area contributed by atoms with Crippen LogP contribution in [0.5, 0.6) is 0 Å². The van der Waals surface area contributed by atoms with Crippen LogP contribution in [0.1, 0.15) is 28.2 Å². The van der Waals surface area contributed by atoms with Crippen LogP contribution < -0.4 is 10.2 Å². The second kappa shape index (κ2) is 7.03.